The zero-order chi connectivity index (χ0) is 15.4. The number of anilines is 1. The maximum atomic E-state index is 11.3. The van der Waals surface area contributed by atoms with Gasteiger partial charge < -0.3 is 15.4 Å². The number of rotatable bonds is 5. The van der Waals surface area contributed by atoms with Crippen LogP contribution in [0, 0.1) is 16.0 Å². The predicted molar refractivity (Wildman–Crippen MR) is 82.9 cm³/mol. The fourth-order valence-corrected chi connectivity index (χ4v) is 3.23. The summed E-state index contributed by atoms with van der Waals surface area (Å²) < 4.78 is 5.08. The Morgan fingerprint density at radius 1 is 1.43 bits per heavy atom. The number of methoxy groups -OCH3 is 1. The molecule has 0 bridgehead atoms. The standard InChI is InChI=1S/C15H23N3O3/c1-17(13-6-4-3-5-11(13)10-16)14-8-7-12(21-2)9-15(14)18(19)20/h7-9,11,13H,3-6,10,16H2,1-2H3. The number of nitro groups is 1. The second kappa shape index (κ2) is 6.76. The fraction of sp³-hybridized carbons (Fsp3) is 0.600. The first-order valence-electron chi connectivity index (χ1n) is 7.33. The molecule has 2 unspecified atom stereocenters. The third kappa shape index (κ3) is 3.26. The number of nitrogens with two attached hydrogens (primary N) is 1. The number of benzene rings is 1. The number of hydrogen-bond donors (Lipinski definition) is 1. The number of ether oxygens (including phenoxy) is 1. The summed E-state index contributed by atoms with van der Waals surface area (Å²) in [6.07, 6.45) is 4.46. The van der Waals surface area contributed by atoms with Crippen LogP contribution in [0.1, 0.15) is 25.7 Å². The van der Waals surface area contributed by atoms with Crippen LogP contribution in [0.4, 0.5) is 11.4 Å². The van der Waals surface area contributed by atoms with Gasteiger partial charge >= 0.3 is 0 Å². The summed E-state index contributed by atoms with van der Waals surface area (Å²) in [7, 11) is 3.43. The van der Waals surface area contributed by atoms with Crippen molar-refractivity contribution in [2.24, 2.45) is 11.7 Å². The summed E-state index contributed by atoms with van der Waals surface area (Å²) >= 11 is 0. The first-order chi connectivity index (χ1) is 10.1. The molecule has 2 atom stereocenters. The third-order valence-electron chi connectivity index (χ3n) is 4.43. The van der Waals surface area contributed by atoms with Gasteiger partial charge in [0.25, 0.3) is 5.69 Å². The molecule has 0 saturated heterocycles. The molecular weight excluding hydrogens is 270 g/mol. The molecule has 2 N–H and O–H groups in total. The van der Waals surface area contributed by atoms with E-state index < -0.39 is 0 Å². The molecule has 21 heavy (non-hydrogen) atoms. The highest BCUT2D eigenvalue weighted by molar-refractivity contribution is 5.65. The normalized spacial score (nSPS) is 21.9. The van der Waals surface area contributed by atoms with E-state index in [1.54, 1.807) is 12.1 Å². The second-order valence-electron chi connectivity index (χ2n) is 5.57. The van der Waals surface area contributed by atoms with Crippen LogP contribution < -0.4 is 15.4 Å². The van der Waals surface area contributed by atoms with Gasteiger partial charge in [-0.05, 0) is 37.4 Å². The minimum atomic E-state index is -0.353. The topological polar surface area (TPSA) is 81.6 Å². The molecule has 1 aliphatic rings. The van der Waals surface area contributed by atoms with Gasteiger partial charge in [0.2, 0.25) is 0 Å². The molecule has 1 saturated carbocycles. The van der Waals surface area contributed by atoms with E-state index >= 15 is 0 Å². The Hall–Kier alpha value is -1.82. The smallest absolute Gasteiger partial charge is 0.296 e. The maximum absolute atomic E-state index is 11.3. The summed E-state index contributed by atoms with van der Waals surface area (Å²) in [5.74, 6) is 0.892. The van der Waals surface area contributed by atoms with Crippen molar-refractivity contribution in [3.8, 4) is 5.75 Å². The van der Waals surface area contributed by atoms with Gasteiger partial charge in [-0.3, -0.25) is 10.1 Å². The highest BCUT2D eigenvalue weighted by atomic mass is 16.6. The van der Waals surface area contributed by atoms with E-state index in [1.165, 1.54) is 19.6 Å². The molecular formula is C15H23N3O3. The largest absolute Gasteiger partial charge is 0.496 e. The first-order valence-corrected chi connectivity index (χ1v) is 7.33. The minimum Gasteiger partial charge on any atom is -0.496 e. The van der Waals surface area contributed by atoms with Crippen LogP contribution in [0.5, 0.6) is 5.75 Å². The summed E-state index contributed by atoms with van der Waals surface area (Å²) in [4.78, 5) is 13.0. The number of hydrogen-bond acceptors (Lipinski definition) is 5. The van der Waals surface area contributed by atoms with Crippen molar-refractivity contribution >= 4 is 11.4 Å². The number of nitro benzene ring substituents is 1. The molecule has 0 heterocycles. The van der Waals surface area contributed by atoms with Gasteiger partial charge in [-0.25, -0.2) is 0 Å². The van der Waals surface area contributed by atoms with Crippen LogP contribution in [0.2, 0.25) is 0 Å². The average molecular weight is 293 g/mol. The number of nitrogens with zero attached hydrogens (tertiary/aromatic N) is 2. The molecule has 0 spiro atoms. The van der Waals surface area contributed by atoms with Gasteiger partial charge in [-0.1, -0.05) is 12.8 Å². The Bertz CT molecular complexity index is 507. The summed E-state index contributed by atoms with van der Waals surface area (Å²) in [6.45, 7) is 0.624. The Morgan fingerprint density at radius 2 is 2.14 bits per heavy atom. The summed E-state index contributed by atoms with van der Waals surface area (Å²) in [5.41, 5.74) is 6.58. The first kappa shape index (κ1) is 15.6. The zero-order valence-electron chi connectivity index (χ0n) is 12.6. The lowest BCUT2D eigenvalue weighted by atomic mass is 9.83. The summed E-state index contributed by atoms with van der Waals surface area (Å²) in [5, 5.41) is 11.3. The Balaban J connectivity index is 2.33. The molecule has 2 rings (SSSR count). The van der Waals surface area contributed by atoms with Crippen LogP contribution in [0.15, 0.2) is 18.2 Å². The molecule has 116 valence electrons. The molecule has 1 aliphatic carbocycles. The van der Waals surface area contributed by atoms with Crippen molar-refractivity contribution in [3.05, 3.63) is 28.3 Å². The van der Waals surface area contributed by atoms with Crippen molar-refractivity contribution in [2.45, 2.75) is 31.7 Å². The predicted octanol–water partition coefficient (Wildman–Crippen LogP) is 2.56. The van der Waals surface area contributed by atoms with Gasteiger partial charge in [0.1, 0.15) is 11.4 Å². The quantitative estimate of drug-likeness (QED) is 0.666. The van der Waals surface area contributed by atoms with E-state index in [0.717, 1.165) is 19.3 Å². The molecule has 0 aliphatic heterocycles. The molecule has 1 fully saturated rings. The highest BCUT2D eigenvalue weighted by Crippen LogP contribution is 2.36. The molecule has 6 nitrogen and oxygen atoms in total. The van der Waals surface area contributed by atoms with E-state index in [1.807, 2.05) is 11.9 Å². The van der Waals surface area contributed by atoms with Crippen molar-refractivity contribution in [2.75, 3.05) is 25.6 Å². The van der Waals surface area contributed by atoms with Crippen molar-refractivity contribution in [3.63, 3.8) is 0 Å². The Labute approximate surface area is 125 Å². The SMILES string of the molecule is COc1ccc(N(C)C2CCCCC2CN)c([N+](=O)[O-])c1. The molecule has 1 aromatic carbocycles. The van der Waals surface area contributed by atoms with Crippen LogP contribution in [0.25, 0.3) is 0 Å². The van der Waals surface area contributed by atoms with Crippen LogP contribution in [-0.4, -0.2) is 31.7 Å². The van der Waals surface area contributed by atoms with E-state index in [0.29, 0.717) is 23.9 Å². The third-order valence-corrected chi connectivity index (χ3v) is 4.43. The Morgan fingerprint density at radius 3 is 2.76 bits per heavy atom. The van der Waals surface area contributed by atoms with E-state index in [-0.39, 0.29) is 16.7 Å². The van der Waals surface area contributed by atoms with Gasteiger partial charge in [-0.2, -0.15) is 0 Å². The van der Waals surface area contributed by atoms with Gasteiger partial charge in [0.05, 0.1) is 18.1 Å². The lowest BCUT2D eigenvalue weighted by Crippen LogP contribution is -2.43. The van der Waals surface area contributed by atoms with Crippen LogP contribution in [0.3, 0.4) is 0 Å². The van der Waals surface area contributed by atoms with E-state index in [2.05, 4.69) is 0 Å². The van der Waals surface area contributed by atoms with Crippen molar-refractivity contribution < 1.29 is 9.66 Å². The molecule has 1 aromatic rings. The van der Waals surface area contributed by atoms with Crippen LogP contribution >= 0.6 is 0 Å². The molecule has 0 amide bonds. The second-order valence-corrected chi connectivity index (χ2v) is 5.57. The minimum absolute atomic E-state index is 0.0817. The lowest BCUT2D eigenvalue weighted by molar-refractivity contribution is -0.384. The van der Waals surface area contributed by atoms with Gasteiger partial charge in [0, 0.05) is 13.1 Å². The van der Waals surface area contributed by atoms with E-state index in [4.69, 9.17) is 10.5 Å². The highest BCUT2D eigenvalue weighted by Gasteiger charge is 2.30. The van der Waals surface area contributed by atoms with Crippen molar-refractivity contribution in [1.29, 1.82) is 0 Å². The van der Waals surface area contributed by atoms with E-state index in [9.17, 15) is 10.1 Å². The average Bonchev–Trinajstić information content (AvgIpc) is 2.53. The lowest BCUT2D eigenvalue weighted by Gasteiger charge is -2.38. The van der Waals surface area contributed by atoms with Crippen molar-refractivity contribution in [1.82, 2.24) is 0 Å². The molecule has 6 heteroatoms. The zero-order valence-corrected chi connectivity index (χ0v) is 12.6. The fourth-order valence-electron chi connectivity index (χ4n) is 3.23. The molecule has 0 radical (unpaired) electrons. The molecule has 0 aromatic heterocycles. The summed E-state index contributed by atoms with van der Waals surface area (Å²) in [6, 6.07) is 5.26. The maximum Gasteiger partial charge on any atom is 0.296 e. The monoisotopic (exact) mass is 293 g/mol. The van der Waals surface area contributed by atoms with Crippen LogP contribution in [-0.2, 0) is 0 Å². The van der Waals surface area contributed by atoms with Gasteiger partial charge in [-0.15, -0.1) is 0 Å². The van der Waals surface area contributed by atoms with Gasteiger partial charge in [0.15, 0.2) is 0 Å². The Kier molecular flexibility index (Phi) is 5.01.